The van der Waals surface area contributed by atoms with Crippen LogP contribution in [-0.2, 0) is 4.74 Å². The number of nitrogens with zero attached hydrogens (tertiary/aromatic N) is 5. The summed E-state index contributed by atoms with van der Waals surface area (Å²) in [6.07, 6.45) is 1.47. The van der Waals surface area contributed by atoms with E-state index in [1.54, 1.807) is 0 Å². The number of likely N-dealkylation sites (tertiary alicyclic amines) is 1. The Kier molecular flexibility index (Phi) is 6.19. The van der Waals surface area contributed by atoms with Gasteiger partial charge in [-0.1, -0.05) is 18.3 Å². The minimum Gasteiger partial charge on any atom is -0.393 e. The lowest BCUT2D eigenvalue weighted by Crippen LogP contribution is -2.41. The number of hydrogen-bond acceptors (Lipinski definition) is 8. The van der Waals surface area contributed by atoms with Gasteiger partial charge in [-0.15, -0.1) is 0 Å². The molecule has 1 N–H and O–H groups in total. The van der Waals surface area contributed by atoms with Gasteiger partial charge in [0.25, 0.3) is 5.91 Å². The van der Waals surface area contributed by atoms with Crippen molar-refractivity contribution < 1.29 is 14.6 Å². The fourth-order valence-electron chi connectivity index (χ4n) is 4.03. The Hall–Kier alpha value is -1.55. The summed E-state index contributed by atoms with van der Waals surface area (Å²) in [7, 11) is 0. The first-order valence-corrected chi connectivity index (χ1v) is 11.3. The molecule has 2 atom stereocenters. The molecule has 10 heteroatoms. The van der Waals surface area contributed by atoms with Crippen LogP contribution in [0.5, 0.6) is 0 Å². The van der Waals surface area contributed by atoms with Gasteiger partial charge in [0.15, 0.2) is 15.7 Å². The van der Waals surface area contributed by atoms with Crippen molar-refractivity contribution in [1.82, 2.24) is 19.9 Å². The predicted molar refractivity (Wildman–Crippen MR) is 113 cm³/mol. The normalized spacial score (nSPS) is 20.8. The van der Waals surface area contributed by atoms with Crippen LogP contribution < -0.4 is 4.90 Å². The minimum atomic E-state index is -0.326. The van der Waals surface area contributed by atoms with Crippen LogP contribution in [0, 0.1) is 11.8 Å². The number of amides is 1. The first-order chi connectivity index (χ1) is 13.9. The molecule has 0 saturated carbocycles. The van der Waals surface area contributed by atoms with Crippen molar-refractivity contribution in [2.75, 3.05) is 44.3 Å². The quantitative estimate of drug-likeness (QED) is 0.731. The summed E-state index contributed by atoms with van der Waals surface area (Å²) in [5, 5.41) is 10.4. The molecule has 0 aromatic carbocycles. The number of fused-ring (bicyclic) bond motifs is 1. The summed E-state index contributed by atoms with van der Waals surface area (Å²) >= 11 is 7.40. The highest BCUT2D eigenvalue weighted by Gasteiger charge is 2.30. The Morgan fingerprint density at radius 2 is 1.86 bits per heavy atom. The van der Waals surface area contributed by atoms with E-state index in [4.69, 9.17) is 16.3 Å². The lowest BCUT2D eigenvalue weighted by molar-refractivity contribution is 0.0510. The second-order valence-corrected chi connectivity index (χ2v) is 9.13. The Morgan fingerprint density at radius 3 is 2.52 bits per heavy atom. The molecule has 2 fully saturated rings. The molecule has 0 radical (unpaired) electrons. The molecule has 158 valence electrons. The van der Waals surface area contributed by atoms with Gasteiger partial charge in [0.05, 0.1) is 19.3 Å². The van der Waals surface area contributed by atoms with Crippen LogP contribution in [0.1, 0.15) is 36.5 Å². The Morgan fingerprint density at radius 1 is 1.17 bits per heavy atom. The molecule has 2 unspecified atom stereocenters. The van der Waals surface area contributed by atoms with E-state index < -0.39 is 0 Å². The Labute approximate surface area is 178 Å². The van der Waals surface area contributed by atoms with E-state index in [0.717, 1.165) is 12.8 Å². The Balaban J connectivity index is 1.53. The van der Waals surface area contributed by atoms with Crippen LogP contribution in [0.3, 0.4) is 0 Å². The van der Waals surface area contributed by atoms with Crippen molar-refractivity contribution in [1.29, 1.82) is 0 Å². The van der Waals surface area contributed by atoms with E-state index in [2.05, 4.69) is 26.8 Å². The largest absolute Gasteiger partial charge is 0.393 e. The number of rotatable bonds is 4. The first kappa shape index (κ1) is 20.7. The average molecular weight is 440 g/mol. The van der Waals surface area contributed by atoms with Gasteiger partial charge in [-0.2, -0.15) is 4.98 Å². The number of carbonyl (C=O) groups is 1. The molecule has 8 nitrogen and oxygen atoms in total. The third kappa shape index (κ3) is 4.33. The number of hydrogen-bond donors (Lipinski definition) is 1. The molecule has 29 heavy (non-hydrogen) atoms. The zero-order valence-corrected chi connectivity index (χ0v) is 18.2. The molecule has 2 aliphatic rings. The van der Waals surface area contributed by atoms with Crippen LogP contribution in [0.25, 0.3) is 10.3 Å². The topological polar surface area (TPSA) is 91.7 Å². The van der Waals surface area contributed by atoms with Crippen LogP contribution in [-0.4, -0.2) is 76.4 Å². The van der Waals surface area contributed by atoms with E-state index in [0.29, 0.717) is 66.5 Å². The number of aliphatic hydroxyl groups is 1. The highest BCUT2D eigenvalue weighted by atomic mass is 35.5. The van der Waals surface area contributed by atoms with Gasteiger partial charge in [0.2, 0.25) is 5.28 Å². The van der Waals surface area contributed by atoms with Crippen LogP contribution >= 0.6 is 22.9 Å². The molecule has 4 rings (SSSR count). The number of carbonyl (C=O) groups excluding carboxylic acids is 1. The molecule has 2 aromatic rings. The molecule has 2 saturated heterocycles. The minimum absolute atomic E-state index is 0.0693. The van der Waals surface area contributed by atoms with E-state index in [9.17, 15) is 9.90 Å². The monoisotopic (exact) mass is 439 g/mol. The Bertz CT molecular complexity index is 878. The zero-order chi connectivity index (χ0) is 20.5. The number of anilines is 1. The lowest BCUT2D eigenvalue weighted by atomic mass is 9.82. The van der Waals surface area contributed by atoms with Crippen molar-refractivity contribution in [3.8, 4) is 0 Å². The van der Waals surface area contributed by atoms with Crippen molar-refractivity contribution in [3.05, 3.63) is 10.3 Å². The van der Waals surface area contributed by atoms with E-state index in [1.165, 1.54) is 11.3 Å². The zero-order valence-electron chi connectivity index (χ0n) is 16.7. The van der Waals surface area contributed by atoms with Gasteiger partial charge >= 0.3 is 0 Å². The second-order valence-electron chi connectivity index (χ2n) is 7.82. The average Bonchev–Trinajstić information content (AvgIpc) is 3.16. The number of halogens is 1. The van der Waals surface area contributed by atoms with Gasteiger partial charge in [0.1, 0.15) is 5.52 Å². The maximum absolute atomic E-state index is 13.1. The highest BCUT2D eigenvalue weighted by Crippen LogP contribution is 2.32. The molecule has 2 aromatic heterocycles. The summed E-state index contributed by atoms with van der Waals surface area (Å²) in [5.74, 6) is 1.28. The molecule has 4 heterocycles. The van der Waals surface area contributed by atoms with Gasteiger partial charge in [-0.3, -0.25) is 4.79 Å². The van der Waals surface area contributed by atoms with Gasteiger partial charge < -0.3 is 19.6 Å². The fourth-order valence-corrected chi connectivity index (χ4v) is 5.14. The van der Waals surface area contributed by atoms with E-state index in [-0.39, 0.29) is 23.2 Å². The highest BCUT2D eigenvalue weighted by molar-refractivity contribution is 7.20. The van der Waals surface area contributed by atoms with Crippen LogP contribution in [0.15, 0.2) is 0 Å². The summed E-state index contributed by atoms with van der Waals surface area (Å²) in [5.41, 5.74) is 0.627. The van der Waals surface area contributed by atoms with E-state index in [1.807, 2.05) is 11.8 Å². The summed E-state index contributed by atoms with van der Waals surface area (Å²) in [6, 6.07) is 0. The molecule has 1 amide bonds. The SMILES string of the molecule is CC(O)C(C)C1CCN(C(=O)c2nc3c(N4CCOCC4)nc(Cl)nc3s2)CC1. The second kappa shape index (κ2) is 8.67. The number of aliphatic hydroxyl groups excluding tert-OH is 1. The molecule has 2 aliphatic heterocycles. The van der Waals surface area contributed by atoms with Crippen molar-refractivity contribution in [3.63, 3.8) is 0 Å². The molecule has 0 spiro atoms. The smallest absolute Gasteiger partial charge is 0.282 e. The maximum atomic E-state index is 13.1. The number of morpholine rings is 1. The predicted octanol–water partition coefficient (Wildman–Crippen LogP) is 2.45. The third-order valence-electron chi connectivity index (χ3n) is 6.04. The summed E-state index contributed by atoms with van der Waals surface area (Å²) in [4.78, 5) is 30.9. The van der Waals surface area contributed by atoms with Crippen molar-refractivity contribution >= 4 is 45.0 Å². The molecular weight excluding hydrogens is 414 g/mol. The van der Waals surface area contributed by atoms with Gasteiger partial charge in [-0.05, 0) is 43.2 Å². The van der Waals surface area contributed by atoms with Crippen LogP contribution in [0.4, 0.5) is 5.82 Å². The molecular formula is C19H26ClN5O3S. The number of ether oxygens (including phenoxy) is 1. The number of thiazole rings is 1. The molecule has 0 aliphatic carbocycles. The molecule has 0 bridgehead atoms. The number of aromatic nitrogens is 3. The maximum Gasteiger partial charge on any atom is 0.282 e. The fraction of sp³-hybridized carbons (Fsp3) is 0.684. The van der Waals surface area contributed by atoms with Crippen molar-refractivity contribution in [2.24, 2.45) is 11.8 Å². The first-order valence-electron chi connectivity index (χ1n) is 10.1. The third-order valence-corrected chi connectivity index (χ3v) is 7.14. The van der Waals surface area contributed by atoms with Gasteiger partial charge in [-0.25, -0.2) is 9.97 Å². The summed E-state index contributed by atoms with van der Waals surface area (Å²) in [6.45, 7) is 7.93. The van der Waals surface area contributed by atoms with Gasteiger partial charge in [0, 0.05) is 26.2 Å². The van der Waals surface area contributed by atoms with Crippen LogP contribution in [0.2, 0.25) is 5.28 Å². The van der Waals surface area contributed by atoms with E-state index >= 15 is 0 Å². The van der Waals surface area contributed by atoms with Crippen molar-refractivity contribution in [2.45, 2.75) is 32.8 Å². The number of piperidine rings is 1. The lowest BCUT2D eigenvalue weighted by Gasteiger charge is -2.35. The standard InChI is InChI=1S/C19H26ClN5O3S/c1-11(12(2)26)13-3-5-25(6-4-13)18(27)17-21-14-15(24-7-9-28-10-8-24)22-19(20)23-16(14)29-17/h11-13,26H,3-10H2,1-2H3. The summed E-state index contributed by atoms with van der Waals surface area (Å²) < 4.78 is 5.41.